The van der Waals surface area contributed by atoms with Crippen LogP contribution in [0.15, 0.2) is 24.3 Å². The molecule has 30 heavy (non-hydrogen) atoms. The van der Waals surface area contributed by atoms with Gasteiger partial charge in [0.1, 0.15) is 17.9 Å². The van der Waals surface area contributed by atoms with E-state index in [1.54, 1.807) is 0 Å². The fourth-order valence-corrected chi connectivity index (χ4v) is 3.27. The van der Waals surface area contributed by atoms with Crippen LogP contribution in [0.2, 0.25) is 0 Å². The minimum atomic E-state index is -0.143. The van der Waals surface area contributed by atoms with Crippen molar-refractivity contribution in [3.8, 4) is 0 Å². The highest BCUT2D eigenvalue weighted by molar-refractivity contribution is 6.06. The van der Waals surface area contributed by atoms with Gasteiger partial charge in [0.25, 0.3) is 0 Å². The first-order valence-corrected chi connectivity index (χ1v) is 10.4. The lowest BCUT2D eigenvalue weighted by atomic mass is 10.2. The number of nitrogens with zero attached hydrogens (tertiary/aromatic N) is 3. The molecule has 2 heterocycles. The van der Waals surface area contributed by atoms with Gasteiger partial charge in [-0.15, -0.1) is 0 Å². The fraction of sp³-hybridized carbons (Fsp3) is 0.476. The summed E-state index contributed by atoms with van der Waals surface area (Å²) in [5.74, 6) is 1.16. The highest BCUT2D eigenvalue weighted by atomic mass is 16.6. The van der Waals surface area contributed by atoms with Gasteiger partial charge in [0.05, 0.1) is 11.0 Å². The van der Waals surface area contributed by atoms with E-state index in [9.17, 15) is 4.79 Å². The lowest BCUT2D eigenvalue weighted by Crippen LogP contribution is -2.36. The summed E-state index contributed by atoms with van der Waals surface area (Å²) in [6.45, 7) is 8.22. The molecule has 0 saturated carbocycles. The maximum Gasteiger partial charge on any atom is 0.314 e. The molecule has 2 aromatic heterocycles. The molecule has 0 aliphatic rings. The van der Waals surface area contributed by atoms with Gasteiger partial charge in [-0.05, 0) is 32.8 Å². The van der Waals surface area contributed by atoms with Crippen molar-refractivity contribution < 1.29 is 9.63 Å². The maximum absolute atomic E-state index is 11.8. The topological polar surface area (TPSA) is 119 Å². The van der Waals surface area contributed by atoms with Crippen LogP contribution in [-0.2, 0) is 18.0 Å². The number of imidazole rings is 1. The van der Waals surface area contributed by atoms with Crippen LogP contribution in [0, 0.1) is 0 Å². The third-order valence-electron chi connectivity index (χ3n) is 4.59. The van der Waals surface area contributed by atoms with Gasteiger partial charge < -0.3 is 20.9 Å². The third-order valence-corrected chi connectivity index (χ3v) is 4.59. The number of urea groups is 1. The molecule has 0 bridgehead atoms. The van der Waals surface area contributed by atoms with E-state index in [2.05, 4.69) is 25.7 Å². The average molecular weight is 414 g/mol. The van der Waals surface area contributed by atoms with Gasteiger partial charge in [-0.1, -0.05) is 25.1 Å². The van der Waals surface area contributed by atoms with Crippen LogP contribution in [0.4, 0.5) is 10.6 Å². The second kappa shape index (κ2) is 10.2. The number of pyridine rings is 1. The molecule has 0 spiro atoms. The molecule has 0 unspecified atom stereocenters. The number of carbonyl (C=O) groups excluding carboxylic acids is 1. The number of carbonyl (C=O) groups is 1. The summed E-state index contributed by atoms with van der Waals surface area (Å²) < 4.78 is 2.11. The summed E-state index contributed by atoms with van der Waals surface area (Å²) in [6, 6.07) is 7.94. The van der Waals surface area contributed by atoms with Gasteiger partial charge in [0, 0.05) is 31.1 Å². The Kier molecular flexibility index (Phi) is 7.42. The van der Waals surface area contributed by atoms with E-state index in [0.717, 1.165) is 35.1 Å². The normalized spacial score (nSPS) is 11.5. The van der Waals surface area contributed by atoms with Crippen LogP contribution in [0.25, 0.3) is 21.9 Å². The summed E-state index contributed by atoms with van der Waals surface area (Å²) in [5, 5.41) is 6.70. The van der Waals surface area contributed by atoms with Gasteiger partial charge in [-0.3, -0.25) is 4.84 Å². The molecule has 9 nitrogen and oxygen atoms in total. The predicted molar refractivity (Wildman–Crippen MR) is 119 cm³/mol. The Hall–Kier alpha value is -2.91. The number of nitrogens with two attached hydrogens (primary N) is 1. The number of hydroxylamine groups is 1. The highest BCUT2D eigenvalue weighted by Gasteiger charge is 2.17. The Morgan fingerprint density at radius 1 is 1.20 bits per heavy atom. The molecule has 0 radical (unpaired) electrons. The van der Waals surface area contributed by atoms with Crippen LogP contribution in [0.5, 0.6) is 0 Å². The van der Waals surface area contributed by atoms with Crippen molar-refractivity contribution in [1.29, 1.82) is 0 Å². The number of nitrogens with one attached hydrogen (secondary N) is 3. The van der Waals surface area contributed by atoms with E-state index in [1.807, 2.05) is 45.0 Å². The number of aryl methyl sites for hydroxylation is 1. The number of para-hydroxylation sites is 1. The van der Waals surface area contributed by atoms with E-state index in [4.69, 9.17) is 15.6 Å². The van der Waals surface area contributed by atoms with E-state index >= 15 is 0 Å². The lowest BCUT2D eigenvalue weighted by Gasteiger charge is -2.13. The summed E-state index contributed by atoms with van der Waals surface area (Å²) in [4.78, 5) is 26.6. The number of amides is 2. The quantitative estimate of drug-likeness (QED) is 0.300. The van der Waals surface area contributed by atoms with E-state index < -0.39 is 0 Å². The molecular formula is C21H31N7O2. The fourth-order valence-electron chi connectivity index (χ4n) is 3.27. The number of rotatable bonds is 10. The van der Waals surface area contributed by atoms with Crippen molar-refractivity contribution in [1.82, 2.24) is 30.6 Å². The summed E-state index contributed by atoms with van der Waals surface area (Å²) >= 11 is 0. The van der Waals surface area contributed by atoms with Crippen molar-refractivity contribution in [3.05, 3.63) is 30.1 Å². The minimum absolute atomic E-state index is 0.143. The molecule has 162 valence electrons. The standard InChI is InChI=1S/C21H31N7O2/c1-4-10-23-21(29)24-11-7-12-28-17(13-30-27-14(2)3)26-18-19(28)15-8-5-6-9-16(15)25-20(18)22/h5-6,8-9,14,27H,4,7,10-13H2,1-3H3,(H2,22,25)(H2,23,24,29). The molecule has 0 aliphatic carbocycles. The Bertz CT molecular complexity index is 1000. The first kappa shape index (κ1) is 21.8. The summed E-state index contributed by atoms with van der Waals surface area (Å²) in [7, 11) is 0. The molecule has 9 heteroatoms. The zero-order valence-electron chi connectivity index (χ0n) is 17.9. The van der Waals surface area contributed by atoms with E-state index in [1.165, 1.54) is 0 Å². The summed E-state index contributed by atoms with van der Waals surface area (Å²) in [6.07, 6.45) is 1.65. The number of anilines is 1. The number of fused-ring (bicyclic) bond motifs is 3. The Labute approximate surface area is 176 Å². The maximum atomic E-state index is 11.8. The number of hydrogen-bond acceptors (Lipinski definition) is 6. The molecule has 0 atom stereocenters. The van der Waals surface area contributed by atoms with Crippen LogP contribution in [0.3, 0.4) is 0 Å². The largest absolute Gasteiger partial charge is 0.382 e. The minimum Gasteiger partial charge on any atom is -0.382 e. The Morgan fingerprint density at radius 3 is 2.73 bits per heavy atom. The van der Waals surface area contributed by atoms with Gasteiger partial charge >= 0.3 is 6.03 Å². The third kappa shape index (κ3) is 5.17. The van der Waals surface area contributed by atoms with E-state index in [-0.39, 0.29) is 12.1 Å². The number of benzene rings is 1. The molecule has 2 amide bonds. The molecule has 0 saturated heterocycles. The first-order valence-electron chi connectivity index (χ1n) is 10.4. The van der Waals surface area contributed by atoms with Crippen molar-refractivity contribution in [3.63, 3.8) is 0 Å². The second-order valence-electron chi connectivity index (χ2n) is 7.49. The number of aromatic nitrogens is 3. The molecule has 5 N–H and O–H groups in total. The molecule has 0 aliphatic heterocycles. The monoisotopic (exact) mass is 413 g/mol. The molecule has 1 aromatic carbocycles. The molecule has 0 fully saturated rings. The predicted octanol–water partition coefficient (Wildman–Crippen LogP) is 2.70. The lowest BCUT2D eigenvalue weighted by molar-refractivity contribution is 0.00662. The molecule has 3 aromatic rings. The number of hydrogen-bond donors (Lipinski definition) is 4. The highest BCUT2D eigenvalue weighted by Crippen LogP contribution is 2.29. The zero-order chi connectivity index (χ0) is 21.5. The van der Waals surface area contributed by atoms with Crippen molar-refractivity contribution in [2.75, 3.05) is 18.8 Å². The average Bonchev–Trinajstić information content (AvgIpc) is 3.09. The Morgan fingerprint density at radius 2 is 1.97 bits per heavy atom. The van der Waals surface area contributed by atoms with Crippen molar-refractivity contribution in [2.45, 2.75) is 52.8 Å². The van der Waals surface area contributed by atoms with Crippen LogP contribution < -0.4 is 21.8 Å². The van der Waals surface area contributed by atoms with Crippen molar-refractivity contribution in [2.24, 2.45) is 0 Å². The van der Waals surface area contributed by atoms with Gasteiger partial charge in [0.2, 0.25) is 0 Å². The smallest absolute Gasteiger partial charge is 0.314 e. The van der Waals surface area contributed by atoms with Crippen LogP contribution in [-0.4, -0.2) is 39.7 Å². The van der Waals surface area contributed by atoms with Gasteiger partial charge in [0.15, 0.2) is 5.82 Å². The number of nitrogen functional groups attached to an aromatic ring is 1. The van der Waals surface area contributed by atoms with E-state index in [0.29, 0.717) is 37.6 Å². The van der Waals surface area contributed by atoms with Crippen molar-refractivity contribution >= 4 is 33.8 Å². The molecule has 3 rings (SSSR count). The SMILES string of the molecule is CCCNC(=O)NCCCn1c(CONC(C)C)nc2c(N)nc3ccccc3c21. The zero-order valence-corrected chi connectivity index (χ0v) is 17.9. The first-order chi connectivity index (χ1) is 14.5. The van der Waals surface area contributed by atoms with Crippen LogP contribution in [0.1, 0.15) is 39.4 Å². The Balaban J connectivity index is 1.85. The van der Waals surface area contributed by atoms with Gasteiger partial charge in [-0.2, -0.15) is 5.48 Å². The van der Waals surface area contributed by atoms with Gasteiger partial charge in [-0.25, -0.2) is 14.8 Å². The molecular weight excluding hydrogens is 382 g/mol. The summed E-state index contributed by atoms with van der Waals surface area (Å²) in [5.41, 5.74) is 11.6. The second-order valence-corrected chi connectivity index (χ2v) is 7.49. The van der Waals surface area contributed by atoms with Crippen LogP contribution >= 0.6 is 0 Å².